The van der Waals surface area contributed by atoms with E-state index in [1.807, 2.05) is 42.5 Å². The molecule has 29 heavy (non-hydrogen) atoms. The molecule has 0 unspecified atom stereocenters. The number of rotatable bonds is 8. The standard InChI is InChI=1S/C22H24N2O5/c1-5-29-22(25)19-13-20(18-12-17(27-3)10-11-21(18)28-4)24(23-19)14-15-6-8-16(26-2)9-7-15/h6-13H,5,14H2,1-4H3. The van der Waals surface area contributed by atoms with Crippen molar-refractivity contribution in [2.45, 2.75) is 13.5 Å². The summed E-state index contributed by atoms with van der Waals surface area (Å²) >= 11 is 0. The zero-order chi connectivity index (χ0) is 20.8. The predicted molar refractivity (Wildman–Crippen MR) is 109 cm³/mol. The maximum atomic E-state index is 12.3. The topological polar surface area (TPSA) is 71.8 Å². The molecule has 0 aliphatic carbocycles. The van der Waals surface area contributed by atoms with Gasteiger partial charge in [0.15, 0.2) is 5.69 Å². The van der Waals surface area contributed by atoms with Crippen molar-refractivity contribution in [3.8, 4) is 28.5 Å². The van der Waals surface area contributed by atoms with E-state index < -0.39 is 5.97 Å². The van der Waals surface area contributed by atoms with Crippen LogP contribution in [0.5, 0.6) is 17.2 Å². The molecule has 0 bridgehead atoms. The van der Waals surface area contributed by atoms with Gasteiger partial charge in [0.05, 0.1) is 40.2 Å². The van der Waals surface area contributed by atoms with Crippen LogP contribution in [0, 0.1) is 0 Å². The first kappa shape index (κ1) is 20.3. The van der Waals surface area contributed by atoms with Gasteiger partial charge in [-0.1, -0.05) is 12.1 Å². The fourth-order valence-corrected chi connectivity index (χ4v) is 2.98. The van der Waals surface area contributed by atoms with Gasteiger partial charge in [-0.2, -0.15) is 5.10 Å². The molecule has 0 saturated carbocycles. The third-order valence-corrected chi connectivity index (χ3v) is 4.44. The zero-order valence-electron chi connectivity index (χ0n) is 17.0. The van der Waals surface area contributed by atoms with E-state index in [4.69, 9.17) is 18.9 Å². The Morgan fingerprint density at radius 3 is 2.24 bits per heavy atom. The molecular formula is C22H24N2O5. The lowest BCUT2D eigenvalue weighted by molar-refractivity contribution is 0.0518. The molecule has 1 heterocycles. The van der Waals surface area contributed by atoms with E-state index in [2.05, 4.69) is 5.10 Å². The number of esters is 1. The molecule has 7 nitrogen and oxygen atoms in total. The summed E-state index contributed by atoms with van der Waals surface area (Å²) < 4.78 is 23.0. The second-order valence-corrected chi connectivity index (χ2v) is 6.21. The van der Waals surface area contributed by atoms with E-state index in [0.29, 0.717) is 18.0 Å². The number of methoxy groups -OCH3 is 3. The average molecular weight is 396 g/mol. The number of carbonyl (C=O) groups excluding carboxylic acids is 1. The summed E-state index contributed by atoms with van der Waals surface area (Å²) in [4.78, 5) is 12.3. The predicted octanol–water partition coefficient (Wildman–Crippen LogP) is 3.80. The smallest absolute Gasteiger partial charge is 0.358 e. The van der Waals surface area contributed by atoms with Gasteiger partial charge in [-0.3, -0.25) is 4.68 Å². The van der Waals surface area contributed by atoms with Crippen molar-refractivity contribution in [2.75, 3.05) is 27.9 Å². The molecule has 0 fully saturated rings. The summed E-state index contributed by atoms with van der Waals surface area (Å²) in [5.41, 5.74) is 2.73. The number of aromatic nitrogens is 2. The van der Waals surface area contributed by atoms with Crippen LogP contribution in [0.1, 0.15) is 23.0 Å². The van der Waals surface area contributed by atoms with Crippen LogP contribution < -0.4 is 14.2 Å². The lowest BCUT2D eigenvalue weighted by Gasteiger charge is -2.13. The second kappa shape index (κ2) is 9.14. The maximum Gasteiger partial charge on any atom is 0.358 e. The van der Waals surface area contributed by atoms with Gasteiger partial charge in [0, 0.05) is 5.56 Å². The summed E-state index contributed by atoms with van der Waals surface area (Å²) in [6.45, 7) is 2.50. The maximum absolute atomic E-state index is 12.3. The molecule has 0 amide bonds. The van der Waals surface area contributed by atoms with E-state index in [-0.39, 0.29) is 12.3 Å². The van der Waals surface area contributed by atoms with Crippen molar-refractivity contribution < 1.29 is 23.7 Å². The Labute approximate surface area is 169 Å². The van der Waals surface area contributed by atoms with Crippen LogP contribution in [0.4, 0.5) is 0 Å². The normalized spacial score (nSPS) is 10.5. The van der Waals surface area contributed by atoms with E-state index in [0.717, 1.165) is 22.6 Å². The molecule has 0 atom stereocenters. The van der Waals surface area contributed by atoms with Gasteiger partial charge in [-0.25, -0.2) is 4.79 Å². The Hall–Kier alpha value is -3.48. The quantitative estimate of drug-likeness (QED) is 0.540. The SMILES string of the molecule is CCOC(=O)c1cc(-c2cc(OC)ccc2OC)n(Cc2ccc(OC)cc2)n1. The Balaban J connectivity index is 2.08. The highest BCUT2D eigenvalue weighted by atomic mass is 16.5. The van der Waals surface area contributed by atoms with Crippen molar-refractivity contribution in [1.82, 2.24) is 9.78 Å². The molecule has 2 aromatic carbocycles. The Morgan fingerprint density at radius 1 is 0.931 bits per heavy atom. The average Bonchev–Trinajstić information content (AvgIpc) is 3.17. The molecule has 0 aliphatic heterocycles. The van der Waals surface area contributed by atoms with Gasteiger partial charge >= 0.3 is 5.97 Å². The minimum Gasteiger partial charge on any atom is -0.497 e. The second-order valence-electron chi connectivity index (χ2n) is 6.21. The fraction of sp³-hybridized carbons (Fsp3) is 0.273. The molecule has 7 heteroatoms. The van der Waals surface area contributed by atoms with E-state index in [1.54, 1.807) is 39.0 Å². The summed E-state index contributed by atoms with van der Waals surface area (Å²) in [6.07, 6.45) is 0. The molecular weight excluding hydrogens is 372 g/mol. The number of benzene rings is 2. The molecule has 0 saturated heterocycles. The van der Waals surface area contributed by atoms with E-state index in [1.165, 1.54) is 0 Å². The molecule has 0 spiro atoms. The first-order chi connectivity index (χ1) is 14.1. The summed E-state index contributed by atoms with van der Waals surface area (Å²) in [5, 5.41) is 4.49. The molecule has 3 rings (SSSR count). The summed E-state index contributed by atoms with van der Waals surface area (Å²) in [6, 6.07) is 14.9. The van der Waals surface area contributed by atoms with Gasteiger partial charge in [-0.05, 0) is 48.9 Å². The van der Waals surface area contributed by atoms with Crippen molar-refractivity contribution in [3.63, 3.8) is 0 Å². The van der Waals surface area contributed by atoms with Gasteiger partial charge in [0.25, 0.3) is 0 Å². The number of nitrogens with zero attached hydrogens (tertiary/aromatic N) is 2. The fourth-order valence-electron chi connectivity index (χ4n) is 2.98. The molecule has 1 aromatic heterocycles. The summed E-state index contributed by atoms with van der Waals surface area (Å²) in [5.74, 6) is 1.63. The van der Waals surface area contributed by atoms with Crippen molar-refractivity contribution in [3.05, 3.63) is 59.8 Å². The largest absolute Gasteiger partial charge is 0.497 e. The highest BCUT2D eigenvalue weighted by molar-refractivity contribution is 5.89. The molecule has 3 aromatic rings. The lowest BCUT2D eigenvalue weighted by atomic mass is 10.1. The molecule has 0 radical (unpaired) electrons. The van der Waals surface area contributed by atoms with Gasteiger partial charge in [0.1, 0.15) is 17.2 Å². The molecule has 152 valence electrons. The van der Waals surface area contributed by atoms with Gasteiger partial charge < -0.3 is 18.9 Å². The van der Waals surface area contributed by atoms with Crippen LogP contribution in [0.25, 0.3) is 11.3 Å². The van der Waals surface area contributed by atoms with Crippen molar-refractivity contribution in [2.24, 2.45) is 0 Å². The molecule has 0 N–H and O–H groups in total. The number of hydrogen-bond donors (Lipinski definition) is 0. The Kier molecular flexibility index (Phi) is 6.39. The van der Waals surface area contributed by atoms with E-state index >= 15 is 0 Å². The van der Waals surface area contributed by atoms with E-state index in [9.17, 15) is 4.79 Å². The van der Waals surface area contributed by atoms with Gasteiger partial charge in [-0.15, -0.1) is 0 Å². The minimum absolute atomic E-state index is 0.236. The van der Waals surface area contributed by atoms with Crippen molar-refractivity contribution in [1.29, 1.82) is 0 Å². The number of hydrogen-bond acceptors (Lipinski definition) is 6. The van der Waals surface area contributed by atoms with Crippen LogP contribution >= 0.6 is 0 Å². The number of ether oxygens (including phenoxy) is 4. The Morgan fingerprint density at radius 2 is 1.62 bits per heavy atom. The number of carbonyl (C=O) groups is 1. The Bertz CT molecular complexity index is 979. The third kappa shape index (κ3) is 4.51. The zero-order valence-corrected chi connectivity index (χ0v) is 17.0. The van der Waals surface area contributed by atoms with Crippen LogP contribution in [0.2, 0.25) is 0 Å². The molecule has 0 aliphatic rings. The highest BCUT2D eigenvalue weighted by Gasteiger charge is 2.20. The summed E-state index contributed by atoms with van der Waals surface area (Å²) in [7, 11) is 4.83. The van der Waals surface area contributed by atoms with Gasteiger partial charge in [0.2, 0.25) is 0 Å². The van der Waals surface area contributed by atoms with Crippen LogP contribution in [0.15, 0.2) is 48.5 Å². The lowest BCUT2D eigenvalue weighted by Crippen LogP contribution is -2.08. The van der Waals surface area contributed by atoms with Crippen molar-refractivity contribution >= 4 is 5.97 Å². The van der Waals surface area contributed by atoms with Crippen LogP contribution in [-0.4, -0.2) is 43.7 Å². The van der Waals surface area contributed by atoms with Crippen LogP contribution in [-0.2, 0) is 11.3 Å². The minimum atomic E-state index is -0.468. The first-order valence-electron chi connectivity index (χ1n) is 9.19. The first-order valence-corrected chi connectivity index (χ1v) is 9.19. The monoisotopic (exact) mass is 396 g/mol. The third-order valence-electron chi connectivity index (χ3n) is 4.44. The van der Waals surface area contributed by atoms with Crippen LogP contribution in [0.3, 0.4) is 0 Å². The highest BCUT2D eigenvalue weighted by Crippen LogP contribution is 2.34.